The van der Waals surface area contributed by atoms with Crippen molar-refractivity contribution in [2.45, 2.75) is 67.2 Å². The molecule has 1 heterocycles. The van der Waals surface area contributed by atoms with Crippen molar-refractivity contribution in [3.8, 4) is 0 Å². The van der Waals surface area contributed by atoms with E-state index in [2.05, 4.69) is 46.8 Å². The molecule has 0 unspecified atom stereocenters. The fourth-order valence-electron chi connectivity index (χ4n) is 2.31. The first-order valence-corrected chi connectivity index (χ1v) is 11.5. The zero-order valence-corrected chi connectivity index (χ0v) is 18.8. The summed E-state index contributed by atoms with van der Waals surface area (Å²) in [5, 5.41) is 0. The Bertz CT molecular complexity index is 610. The molecule has 0 atom stereocenters. The van der Waals surface area contributed by atoms with Crippen LogP contribution in [0.4, 0.5) is 5.69 Å². The number of hydrogen-bond donors (Lipinski definition) is 0. The van der Waals surface area contributed by atoms with Crippen molar-refractivity contribution in [2.75, 3.05) is 30.3 Å². The number of benzene rings is 1. The van der Waals surface area contributed by atoms with Crippen molar-refractivity contribution in [3.05, 3.63) is 29.3 Å². The summed E-state index contributed by atoms with van der Waals surface area (Å²) in [6.07, 6.45) is 2.10. The Labute approximate surface area is 162 Å². The molecule has 1 aromatic carbocycles. The van der Waals surface area contributed by atoms with E-state index in [1.165, 1.54) is 23.4 Å². The fraction of sp³-hybridized carbons (Fsp3) is 0.714. The highest BCUT2D eigenvalue weighted by Crippen LogP contribution is 2.33. The monoisotopic (exact) mass is 385 g/mol. The molecule has 1 aliphatic heterocycles. The van der Waals surface area contributed by atoms with Gasteiger partial charge < -0.3 is 4.74 Å². The number of ether oxygens (including phenoxy) is 1. The minimum absolute atomic E-state index is 0.0366. The van der Waals surface area contributed by atoms with Gasteiger partial charge in [-0.3, -0.25) is 4.31 Å². The van der Waals surface area contributed by atoms with Gasteiger partial charge in [-0.15, -0.1) is 0 Å². The van der Waals surface area contributed by atoms with Crippen molar-refractivity contribution in [1.29, 1.82) is 0 Å². The van der Waals surface area contributed by atoms with E-state index in [-0.39, 0.29) is 12.4 Å². The summed E-state index contributed by atoms with van der Waals surface area (Å²) >= 11 is 0. The molecule has 0 aliphatic carbocycles. The number of fused-ring (bicyclic) bond motifs is 1. The number of sulfonamides is 1. The van der Waals surface area contributed by atoms with Gasteiger partial charge in [0.1, 0.15) is 0 Å². The number of anilines is 1. The number of nitrogens with zero attached hydrogens (tertiary/aromatic N) is 1. The molecule has 5 heteroatoms. The predicted molar refractivity (Wildman–Crippen MR) is 114 cm³/mol. The first kappa shape index (κ1) is 24.9. The highest BCUT2D eigenvalue weighted by Gasteiger charge is 2.29. The third kappa shape index (κ3) is 7.67. The minimum Gasteiger partial charge on any atom is -0.384 e. The second kappa shape index (κ2) is 12.3. The Kier molecular flexibility index (Phi) is 11.8. The van der Waals surface area contributed by atoms with Crippen LogP contribution in [-0.4, -0.2) is 34.4 Å². The average Bonchev–Trinajstić information content (AvgIpc) is 3.06. The average molecular weight is 386 g/mol. The van der Waals surface area contributed by atoms with Crippen molar-refractivity contribution < 1.29 is 13.2 Å². The molecule has 0 spiro atoms. The number of methoxy groups -OCH3 is 1. The minimum atomic E-state index is -3.27. The molecule has 0 saturated carbocycles. The first-order valence-electron chi connectivity index (χ1n) is 9.85. The van der Waals surface area contributed by atoms with Crippen LogP contribution < -0.4 is 4.31 Å². The maximum absolute atomic E-state index is 12.3. The van der Waals surface area contributed by atoms with Gasteiger partial charge in [-0.05, 0) is 35.4 Å². The van der Waals surface area contributed by atoms with Gasteiger partial charge in [-0.2, -0.15) is 0 Å². The second-order valence-corrected chi connectivity index (χ2v) is 8.99. The molecular weight excluding hydrogens is 346 g/mol. The molecule has 26 heavy (non-hydrogen) atoms. The zero-order chi connectivity index (χ0) is 20.3. The highest BCUT2D eigenvalue weighted by atomic mass is 32.2. The summed E-state index contributed by atoms with van der Waals surface area (Å²) < 4.78 is 31.0. The van der Waals surface area contributed by atoms with Gasteiger partial charge >= 0.3 is 0 Å². The van der Waals surface area contributed by atoms with E-state index in [1.54, 1.807) is 0 Å². The largest absolute Gasteiger partial charge is 0.384 e. The molecule has 152 valence electrons. The van der Waals surface area contributed by atoms with E-state index in [4.69, 9.17) is 4.74 Å². The van der Waals surface area contributed by atoms with Crippen LogP contribution in [0.1, 0.15) is 71.9 Å². The third-order valence-corrected chi connectivity index (χ3v) is 6.06. The molecule has 1 aromatic rings. The Morgan fingerprint density at radius 3 is 2.19 bits per heavy atom. The van der Waals surface area contributed by atoms with E-state index in [0.717, 1.165) is 23.6 Å². The summed E-state index contributed by atoms with van der Waals surface area (Å²) in [6, 6.07) is 6.16. The van der Waals surface area contributed by atoms with Crippen LogP contribution in [0.5, 0.6) is 0 Å². The normalized spacial score (nSPS) is 13.1. The standard InChI is InChI=1S/C14H21NO3S.C5H12.C2H6/c1-11(2)13-5-4-12-6-7-15(14(12)10-13)19(16,17)9-8-18-3;1-4-5(2)3;1-2/h4-5,10-11H,6-9H2,1-3H3;5H,4H2,1-3H3;1-2H3. The molecule has 0 saturated heterocycles. The number of hydrogen-bond acceptors (Lipinski definition) is 3. The lowest BCUT2D eigenvalue weighted by Gasteiger charge is -2.20. The summed E-state index contributed by atoms with van der Waals surface area (Å²) in [7, 11) is -1.75. The highest BCUT2D eigenvalue weighted by molar-refractivity contribution is 7.92. The van der Waals surface area contributed by atoms with Crippen molar-refractivity contribution in [1.82, 2.24) is 0 Å². The lowest BCUT2D eigenvalue weighted by atomic mass is 10.0. The van der Waals surface area contributed by atoms with E-state index < -0.39 is 10.0 Å². The maximum atomic E-state index is 12.3. The van der Waals surface area contributed by atoms with E-state index in [9.17, 15) is 8.42 Å². The smallest absolute Gasteiger partial charge is 0.237 e. The maximum Gasteiger partial charge on any atom is 0.237 e. The molecule has 1 aliphatic rings. The van der Waals surface area contributed by atoms with E-state index >= 15 is 0 Å². The molecule has 0 bridgehead atoms. The van der Waals surface area contributed by atoms with Crippen molar-refractivity contribution in [2.24, 2.45) is 5.92 Å². The predicted octanol–water partition coefficient (Wildman–Crippen LogP) is 5.23. The van der Waals surface area contributed by atoms with Gasteiger partial charge in [0.25, 0.3) is 0 Å². The molecule has 2 rings (SSSR count). The van der Waals surface area contributed by atoms with Gasteiger partial charge in [0.15, 0.2) is 0 Å². The molecular formula is C21H39NO3S. The summed E-state index contributed by atoms with van der Waals surface area (Å²) in [4.78, 5) is 0. The fourth-order valence-corrected chi connectivity index (χ4v) is 3.75. The Hall–Kier alpha value is -1.07. The van der Waals surface area contributed by atoms with Crippen LogP contribution in [0.15, 0.2) is 18.2 Å². The van der Waals surface area contributed by atoms with Gasteiger partial charge in [0, 0.05) is 13.7 Å². The van der Waals surface area contributed by atoms with Gasteiger partial charge in [-0.25, -0.2) is 8.42 Å². The Balaban J connectivity index is 0.000000772. The molecule has 4 nitrogen and oxygen atoms in total. The second-order valence-electron chi connectivity index (χ2n) is 6.98. The molecule has 0 amide bonds. The van der Waals surface area contributed by atoms with Crippen LogP contribution in [0.2, 0.25) is 0 Å². The third-order valence-electron chi connectivity index (χ3n) is 4.33. The van der Waals surface area contributed by atoms with Crippen LogP contribution in [-0.2, 0) is 21.2 Å². The summed E-state index contributed by atoms with van der Waals surface area (Å²) in [6.45, 7) is 15.6. The molecule has 0 aromatic heterocycles. The van der Waals surface area contributed by atoms with Crippen LogP contribution in [0.3, 0.4) is 0 Å². The zero-order valence-electron chi connectivity index (χ0n) is 18.0. The van der Waals surface area contributed by atoms with Gasteiger partial charge in [0.2, 0.25) is 10.0 Å². The first-order chi connectivity index (χ1) is 12.2. The van der Waals surface area contributed by atoms with Crippen molar-refractivity contribution >= 4 is 15.7 Å². The van der Waals surface area contributed by atoms with Gasteiger partial charge in [0.05, 0.1) is 18.0 Å². The van der Waals surface area contributed by atoms with Crippen LogP contribution in [0.25, 0.3) is 0 Å². The van der Waals surface area contributed by atoms with Gasteiger partial charge in [-0.1, -0.05) is 67.0 Å². The SMILES string of the molecule is CC.CCC(C)C.COCCS(=O)(=O)N1CCc2ccc(C(C)C)cc21. The van der Waals surface area contributed by atoms with E-state index in [1.807, 2.05) is 19.9 Å². The lowest BCUT2D eigenvalue weighted by molar-refractivity contribution is 0.217. The Morgan fingerprint density at radius 1 is 1.15 bits per heavy atom. The topological polar surface area (TPSA) is 46.6 Å². The van der Waals surface area contributed by atoms with Crippen LogP contribution >= 0.6 is 0 Å². The van der Waals surface area contributed by atoms with Crippen molar-refractivity contribution in [3.63, 3.8) is 0 Å². The Morgan fingerprint density at radius 2 is 1.73 bits per heavy atom. The molecule has 0 fully saturated rings. The quantitative estimate of drug-likeness (QED) is 0.674. The van der Waals surface area contributed by atoms with E-state index in [0.29, 0.717) is 12.5 Å². The lowest BCUT2D eigenvalue weighted by Crippen LogP contribution is -2.32. The molecule has 0 radical (unpaired) electrons. The summed E-state index contributed by atoms with van der Waals surface area (Å²) in [5.74, 6) is 1.32. The number of rotatable bonds is 6. The van der Waals surface area contributed by atoms with Crippen LogP contribution in [0, 0.1) is 5.92 Å². The summed E-state index contributed by atoms with van der Waals surface area (Å²) in [5.41, 5.74) is 3.14. The molecule has 0 N–H and O–H groups in total.